The van der Waals surface area contributed by atoms with Gasteiger partial charge in [-0.3, -0.25) is 0 Å². The Bertz CT molecular complexity index is 3160. The van der Waals surface area contributed by atoms with Gasteiger partial charge in [-0.2, -0.15) is 0 Å². The van der Waals surface area contributed by atoms with E-state index in [1.807, 2.05) is 84.9 Å². The molecule has 6 aromatic carbocycles. The van der Waals surface area contributed by atoms with Crippen LogP contribution in [-0.4, -0.2) is 24.9 Å². The van der Waals surface area contributed by atoms with Crippen LogP contribution in [0, 0.1) is 0 Å². The second-order valence-electron chi connectivity index (χ2n) is 14.0. The molecule has 0 saturated heterocycles. The molecule has 1 aliphatic rings. The van der Waals surface area contributed by atoms with Crippen LogP contribution in [0.15, 0.2) is 179 Å². The topological polar surface area (TPSA) is 90.7 Å². The second kappa shape index (κ2) is 13.1. The summed E-state index contributed by atoms with van der Waals surface area (Å²) in [5.74, 6) is 2.47. The quantitative estimate of drug-likeness (QED) is 0.169. The zero-order chi connectivity index (χ0) is 37.0. The van der Waals surface area contributed by atoms with Gasteiger partial charge in [-0.1, -0.05) is 140 Å². The predicted octanol–water partition coefficient (Wildman–Crippen LogP) is 12.4. The molecule has 0 saturated carbocycles. The van der Waals surface area contributed by atoms with Crippen molar-refractivity contribution in [3.05, 3.63) is 176 Å². The number of benzene rings is 6. The second-order valence-corrected chi connectivity index (χ2v) is 14.0. The molecule has 0 bridgehead atoms. The Kier molecular flexibility index (Phi) is 7.48. The SMILES string of the molecule is C1=CCC(c2nc(-c3ccc4c(c3)oc3cccc(-c5nc(-c6ccccc6)nc(-c6ccc(-c7ccccc7)cc6)n5)c34)nc3c2oc2ccccc23)C=C1. The molecule has 10 aromatic rings. The van der Waals surface area contributed by atoms with E-state index in [-0.39, 0.29) is 5.92 Å². The lowest BCUT2D eigenvalue weighted by molar-refractivity contribution is 0.649. The first-order valence-corrected chi connectivity index (χ1v) is 18.7. The molecule has 0 N–H and O–H groups in total. The molecule has 0 aliphatic heterocycles. The minimum absolute atomic E-state index is 0.0788. The fourth-order valence-electron chi connectivity index (χ4n) is 7.71. The van der Waals surface area contributed by atoms with E-state index in [4.69, 9.17) is 33.8 Å². The van der Waals surface area contributed by atoms with E-state index in [1.54, 1.807) is 0 Å². The average molecular weight is 722 g/mol. The smallest absolute Gasteiger partial charge is 0.176 e. The average Bonchev–Trinajstić information content (AvgIpc) is 3.85. The summed E-state index contributed by atoms with van der Waals surface area (Å²) in [6.45, 7) is 0. The Morgan fingerprint density at radius 2 is 1.09 bits per heavy atom. The number of aromatic nitrogens is 5. The molecule has 11 rings (SSSR count). The first-order valence-electron chi connectivity index (χ1n) is 18.7. The van der Waals surface area contributed by atoms with Crippen LogP contribution in [0.3, 0.4) is 0 Å². The van der Waals surface area contributed by atoms with Crippen molar-refractivity contribution in [1.82, 2.24) is 24.9 Å². The maximum Gasteiger partial charge on any atom is 0.176 e. The van der Waals surface area contributed by atoms with Gasteiger partial charge in [-0.15, -0.1) is 0 Å². The van der Waals surface area contributed by atoms with Crippen molar-refractivity contribution in [3.63, 3.8) is 0 Å². The summed E-state index contributed by atoms with van der Waals surface area (Å²) >= 11 is 0. The van der Waals surface area contributed by atoms with E-state index in [2.05, 4.69) is 85.0 Å². The van der Waals surface area contributed by atoms with Gasteiger partial charge < -0.3 is 8.83 Å². The first-order chi connectivity index (χ1) is 27.7. The number of nitrogens with zero attached hydrogens (tertiary/aromatic N) is 5. The van der Waals surface area contributed by atoms with Gasteiger partial charge in [0, 0.05) is 44.3 Å². The van der Waals surface area contributed by atoms with E-state index in [1.165, 1.54) is 0 Å². The van der Waals surface area contributed by atoms with Crippen LogP contribution >= 0.6 is 0 Å². The van der Waals surface area contributed by atoms with Crippen molar-refractivity contribution >= 4 is 44.0 Å². The molecule has 1 aliphatic carbocycles. The minimum atomic E-state index is 0.0788. The zero-order valence-electron chi connectivity index (χ0n) is 30.0. The van der Waals surface area contributed by atoms with Crippen LogP contribution in [-0.2, 0) is 0 Å². The summed E-state index contributed by atoms with van der Waals surface area (Å²) in [7, 11) is 0. The minimum Gasteiger partial charge on any atom is -0.456 e. The van der Waals surface area contributed by atoms with Crippen molar-refractivity contribution in [2.75, 3.05) is 0 Å². The first kappa shape index (κ1) is 32.0. The van der Waals surface area contributed by atoms with Crippen LogP contribution in [0.2, 0.25) is 0 Å². The lowest BCUT2D eigenvalue weighted by Gasteiger charge is -2.14. The van der Waals surface area contributed by atoms with Crippen molar-refractivity contribution in [2.24, 2.45) is 0 Å². The highest BCUT2D eigenvalue weighted by molar-refractivity contribution is 6.12. The number of hydrogen-bond acceptors (Lipinski definition) is 7. The summed E-state index contributed by atoms with van der Waals surface area (Å²) in [6.07, 6.45) is 9.33. The molecule has 7 heteroatoms. The molecule has 264 valence electrons. The van der Waals surface area contributed by atoms with E-state index >= 15 is 0 Å². The highest BCUT2D eigenvalue weighted by Crippen LogP contribution is 2.40. The standard InChI is InChI=1S/C49H31N5O2/c1-4-13-30(14-5-1)31-23-25-34(26-24-31)47-52-46(33-17-8-3-9-18-33)53-49(54-47)38-20-12-22-40-42(38)36-28-27-35(29-41(36)55-40)48-50-43(32-15-6-2-7-16-32)45-44(51-48)37-19-10-11-21-39(37)56-45/h1-15,17-29,32H,16H2. The van der Waals surface area contributed by atoms with Crippen LogP contribution in [0.4, 0.5) is 0 Å². The molecule has 1 unspecified atom stereocenters. The molecule has 0 amide bonds. The molecule has 0 fully saturated rings. The van der Waals surface area contributed by atoms with Crippen LogP contribution in [0.5, 0.6) is 0 Å². The fourth-order valence-corrected chi connectivity index (χ4v) is 7.71. The summed E-state index contributed by atoms with van der Waals surface area (Å²) in [5.41, 5.74) is 10.5. The van der Waals surface area contributed by atoms with E-state index in [9.17, 15) is 0 Å². The third-order valence-electron chi connectivity index (χ3n) is 10.5. The molecule has 56 heavy (non-hydrogen) atoms. The van der Waals surface area contributed by atoms with Crippen molar-refractivity contribution < 1.29 is 8.83 Å². The van der Waals surface area contributed by atoms with Crippen LogP contribution in [0.1, 0.15) is 18.0 Å². The largest absolute Gasteiger partial charge is 0.456 e. The number of para-hydroxylation sites is 1. The van der Waals surface area contributed by atoms with Gasteiger partial charge in [0.1, 0.15) is 22.3 Å². The van der Waals surface area contributed by atoms with Gasteiger partial charge in [0.25, 0.3) is 0 Å². The molecule has 1 atom stereocenters. The lowest BCUT2D eigenvalue weighted by Crippen LogP contribution is -2.03. The lowest BCUT2D eigenvalue weighted by atomic mass is 9.96. The van der Waals surface area contributed by atoms with Crippen LogP contribution < -0.4 is 0 Å². The molecular formula is C49H31N5O2. The van der Waals surface area contributed by atoms with Crippen molar-refractivity contribution in [2.45, 2.75) is 12.3 Å². The van der Waals surface area contributed by atoms with Gasteiger partial charge in [-0.25, -0.2) is 24.9 Å². The van der Waals surface area contributed by atoms with Crippen molar-refractivity contribution in [3.8, 4) is 56.7 Å². The summed E-state index contributed by atoms with van der Waals surface area (Å²) in [5, 5.41) is 2.85. The summed E-state index contributed by atoms with van der Waals surface area (Å²) < 4.78 is 13.0. The van der Waals surface area contributed by atoms with Crippen LogP contribution in [0.25, 0.3) is 101 Å². The van der Waals surface area contributed by atoms with Gasteiger partial charge in [-0.05, 0) is 47.9 Å². The van der Waals surface area contributed by atoms with Crippen molar-refractivity contribution in [1.29, 1.82) is 0 Å². The Morgan fingerprint density at radius 3 is 1.88 bits per heavy atom. The fraction of sp³-hybridized carbons (Fsp3) is 0.0408. The van der Waals surface area contributed by atoms with Gasteiger partial charge in [0.15, 0.2) is 28.9 Å². The number of allylic oxidation sites excluding steroid dienone is 4. The molecular weight excluding hydrogens is 691 g/mol. The highest BCUT2D eigenvalue weighted by Gasteiger charge is 2.23. The third-order valence-corrected chi connectivity index (χ3v) is 10.5. The highest BCUT2D eigenvalue weighted by atomic mass is 16.3. The monoisotopic (exact) mass is 721 g/mol. The predicted molar refractivity (Wildman–Crippen MR) is 223 cm³/mol. The normalized spacial score (nSPS) is 14.0. The van der Waals surface area contributed by atoms with E-state index in [0.29, 0.717) is 23.3 Å². The molecule has 4 aromatic heterocycles. The number of furan rings is 2. The summed E-state index contributed by atoms with van der Waals surface area (Å²) in [4.78, 5) is 25.4. The Labute approximate surface area is 321 Å². The Balaban J connectivity index is 1.05. The summed E-state index contributed by atoms with van der Waals surface area (Å²) in [6, 6.07) is 49.0. The molecule has 0 spiro atoms. The number of fused-ring (bicyclic) bond motifs is 6. The molecule has 0 radical (unpaired) electrons. The van der Waals surface area contributed by atoms with Gasteiger partial charge in [0.05, 0.1) is 5.69 Å². The third kappa shape index (κ3) is 5.48. The molecule has 7 nitrogen and oxygen atoms in total. The Morgan fingerprint density at radius 1 is 0.446 bits per heavy atom. The maximum atomic E-state index is 6.59. The van der Waals surface area contributed by atoms with E-state index in [0.717, 1.165) is 89.5 Å². The van der Waals surface area contributed by atoms with Gasteiger partial charge in [0.2, 0.25) is 0 Å². The maximum absolute atomic E-state index is 6.59. The number of rotatable bonds is 6. The van der Waals surface area contributed by atoms with E-state index < -0.39 is 0 Å². The van der Waals surface area contributed by atoms with Gasteiger partial charge >= 0.3 is 0 Å². The zero-order valence-corrected chi connectivity index (χ0v) is 30.0. The Hall–Kier alpha value is -7.51. The number of hydrogen-bond donors (Lipinski definition) is 0. The molecule has 4 heterocycles.